The SMILES string of the molecule is CC(C)c1ccc2c(c1)c1cc(C(C)(C)C)ccc1n2-c1c(-c2ccccc2)cccc1-c1nc(-c2ccccc2)nc(-c2cccc(-c3ccccc3)c2-n2c3ccc(C(C)(C)C)cc3c3cc(C(C)(C)C)ccc32)n1. The first kappa shape index (κ1) is 49.5. The van der Waals surface area contributed by atoms with E-state index in [2.05, 4.69) is 279 Å². The van der Waals surface area contributed by atoms with Crippen LogP contribution in [-0.4, -0.2) is 24.1 Å². The van der Waals surface area contributed by atoms with Crippen molar-refractivity contribution < 1.29 is 0 Å². The molecule has 0 amide bonds. The Balaban J connectivity index is 1.20. The number of fused-ring (bicyclic) bond motifs is 6. The van der Waals surface area contributed by atoms with E-state index in [1.54, 1.807) is 0 Å². The number of hydrogen-bond donors (Lipinski definition) is 0. The Hall–Kier alpha value is -8.41. The minimum Gasteiger partial charge on any atom is -0.308 e. The van der Waals surface area contributed by atoms with Gasteiger partial charge in [0.1, 0.15) is 0 Å². The topological polar surface area (TPSA) is 48.5 Å². The Morgan fingerprint density at radius 3 is 1.00 bits per heavy atom. The molecule has 380 valence electrons. The van der Waals surface area contributed by atoms with Gasteiger partial charge in [0, 0.05) is 49.4 Å². The molecule has 3 aromatic heterocycles. The lowest BCUT2D eigenvalue weighted by molar-refractivity contribution is 0.590. The maximum atomic E-state index is 5.76. The van der Waals surface area contributed by atoms with Gasteiger partial charge in [-0.2, -0.15) is 0 Å². The molecule has 5 nitrogen and oxygen atoms in total. The van der Waals surface area contributed by atoms with Crippen LogP contribution in [0.2, 0.25) is 0 Å². The van der Waals surface area contributed by atoms with E-state index in [1.165, 1.54) is 43.8 Å². The summed E-state index contributed by atoms with van der Waals surface area (Å²) in [6.45, 7) is 25.2. The van der Waals surface area contributed by atoms with Gasteiger partial charge in [0.05, 0.1) is 33.4 Å². The minimum atomic E-state index is -0.0469. The summed E-state index contributed by atoms with van der Waals surface area (Å²) < 4.78 is 4.95. The Morgan fingerprint density at radius 1 is 0.312 bits per heavy atom. The van der Waals surface area contributed by atoms with Crippen molar-refractivity contribution >= 4 is 43.6 Å². The normalized spacial score (nSPS) is 12.5. The number of rotatable bonds is 8. The molecule has 0 aliphatic heterocycles. The number of hydrogen-bond acceptors (Lipinski definition) is 3. The average molecular weight is 1000 g/mol. The highest BCUT2D eigenvalue weighted by molar-refractivity contribution is 6.12. The highest BCUT2D eigenvalue weighted by atomic mass is 15.1. The van der Waals surface area contributed by atoms with Crippen molar-refractivity contribution in [2.45, 2.75) is 98.3 Å². The van der Waals surface area contributed by atoms with Crippen LogP contribution in [0.15, 0.2) is 200 Å². The van der Waals surface area contributed by atoms with Gasteiger partial charge in [-0.15, -0.1) is 0 Å². The van der Waals surface area contributed by atoms with E-state index >= 15 is 0 Å². The summed E-state index contributed by atoms with van der Waals surface area (Å²) in [4.78, 5) is 16.8. The molecule has 0 N–H and O–H groups in total. The maximum Gasteiger partial charge on any atom is 0.166 e. The molecule has 0 bridgehead atoms. The van der Waals surface area contributed by atoms with Crippen LogP contribution in [0.3, 0.4) is 0 Å². The van der Waals surface area contributed by atoms with Crippen molar-refractivity contribution in [2.24, 2.45) is 0 Å². The number of para-hydroxylation sites is 2. The fourth-order valence-electron chi connectivity index (χ4n) is 11.3. The highest BCUT2D eigenvalue weighted by Crippen LogP contribution is 2.46. The van der Waals surface area contributed by atoms with Gasteiger partial charge >= 0.3 is 0 Å². The number of benzene rings is 9. The standard InChI is InChI=1S/C72H67N5/c1-45(2)49-33-37-61-57(41-49)58-42-50(70(3,4)5)34-38-62(58)76(61)65-53(46-23-15-12-16-24-46)29-21-31-55(65)68-73-67(48-27-19-14-20-28-48)74-69(75-68)56-32-22-30-54(47-25-17-13-18-26-47)66(56)77-63-39-35-51(71(6,7)8)43-59(63)60-44-52(72(9,10)11)36-40-64(60)77/h12-45H,1-11H3. The summed E-state index contributed by atoms with van der Waals surface area (Å²) in [5.41, 5.74) is 18.7. The van der Waals surface area contributed by atoms with Crippen molar-refractivity contribution in [1.82, 2.24) is 24.1 Å². The summed E-state index contributed by atoms with van der Waals surface area (Å²) in [5.74, 6) is 2.14. The molecule has 0 aliphatic carbocycles. The summed E-state index contributed by atoms with van der Waals surface area (Å²) in [6, 6.07) is 73.3. The fourth-order valence-corrected chi connectivity index (χ4v) is 11.3. The van der Waals surface area contributed by atoms with Crippen molar-refractivity contribution in [1.29, 1.82) is 0 Å². The molecule has 0 atom stereocenters. The van der Waals surface area contributed by atoms with Crippen LogP contribution < -0.4 is 0 Å². The zero-order chi connectivity index (χ0) is 53.5. The molecule has 12 rings (SSSR count). The van der Waals surface area contributed by atoms with Gasteiger partial charge in [-0.05, 0) is 116 Å². The number of nitrogens with zero attached hydrogens (tertiary/aromatic N) is 5. The smallest absolute Gasteiger partial charge is 0.166 e. The zero-order valence-electron chi connectivity index (χ0n) is 46.4. The second-order valence-corrected chi connectivity index (χ2v) is 24.4. The van der Waals surface area contributed by atoms with Crippen LogP contribution in [0.25, 0.3) is 111 Å². The van der Waals surface area contributed by atoms with Crippen LogP contribution in [0.4, 0.5) is 0 Å². The Bertz CT molecular complexity index is 4140. The molecule has 0 saturated carbocycles. The lowest BCUT2D eigenvalue weighted by Crippen LogP contribution is -2.10. The van der Waals surface area contributed by atoms with Crippen molar-refractivity contribution in [3.05, 3.63) is 222 Å². The Kier molecular flexibility index (Phi) is 12.0. The van der Waals surface area contributed by atoms with Gasteiger partial charge in [0.15, 0.2) is 17.5 Å². The lowest BCUT2D eigenvalue weighted by Gasteiger charge is -2.22. The highest BCUT2D eigenvalue weighted by Gasteiger charge is 2.28. The second-order valence-electron chi connectivity index (χ2n) is 24.4. The van der Waals surface area contributed by atoms with Crippen LogP contribution >= 0.6 is 0 Å². The van der Waals surface area contributed by atoms with Gasteiger partial charge in [-0.1, -0.05) is 216 Å². The first-order valence-corrected chi connectivity index (χ1v) is 27.3. The van der Waals surface area contributed by atoms with Crippen LogP contribution in [-0.2, 0) is 16.2 Å². The predicted molar refractivity (Wildman–Crippen MR) is 326 cm³/mol. The quantitative estimate of drug-likeness (QED) is 0.152. The van der Waals surface area contributed by atoms with E-state index in [0.717, 1.165) is 72.4 Å². The van der Waals surface area contributed by atoms with Crippen LogP contribution in [0.5, 0.6) is 0 Å². The van der Waals surface area contributed by atoms with Gasteiger partial charge in [0.25, 0.3) is 0 Å². The van der Waals surface area contributed by atoms with Gasteiger partial charge in [0.2, 0.25) is 0 Å². The monoisotopic (exact) mass is 1000 g/mol. The number of aromatic nitrogens is 5. The fraction of sp³-hybridized carbons (Fsp3) is 0.208. The molecule has 0 fully saturated rings. The molecule has 0 saturated heterocycles. The molecule has 77 heavy (non-hydrogen) atoms. The molecule has 12 aromatic rings. The minimum absolute atomic E-state index is 0.0406. The van der Waals surface area contributed by atoms with Gasteiger partial charge in [-0.3, -0.25) is 0 Å². The Labute approximate surface area is 454 Å². The molecular weight excluding hydrogens is 935 g/mol. The maximum absolute atomic E-state index is 5.76. The van der Waals surface area contributed by atoms with Crippen LogP contribution in [0.1, 0.15) is 104 Å². The third kappa shape index (κ3) is 8.82. The first-order valence-electron chi connectivity index (χ1n) is 27.3. The lowest BCUT2D eigenvalue weighted by atomic mass is 9.85. The molecule has 0 spiro atoms. The summed E-state index contributed by atoms with van der Waals surface area (Å²) in [5, 5.41) is 4.89. The zero-order valence-corrected chi connectivity index (χ0v) is 46.4. The largest absolute Gasteiger partial charge is 0.308 e. The van der Waals surface area contributed by atoms with E-state index in [0.29, 0.717) is 23.4 Å². The molecule has 0 unspecified atom stereocenters. The van der Waals surface area contributed by atoms with E-state index in [9.17, 15) is 0 Å². The van der Waals surface area contributed by atoms with Gasteiger partial charge in [-0.25, -0.2) is 15.0 Å². The molecule has 5 heteroatoms. The van der Waals surface area contributed by atoms with E-state index in [-0.39, 0.29) is 16.2 Å². The average Bonchev–Trinajstić information content (AvgIpc) is 4.14. The molecule has 0 aliphatic rings. The molecule has 0 radical (unpaired) electrons. The van der Waals surface area contributed by atoms with Crippen molar-refractivity contribution in [3.63, 3.8) is 0 Å². The second kappa shape index (κ2) is 18.7. The molecular formula is C72H67N5. The molecule has 3 heterocycles. The third-order valence-electron chi connectivity index (χ3n) is 15.7. The molecule has 9 aromatic carbocycles. The summed E-state index contributed by atoms with van der Waals surface area (Å²) in [7, 11) is 0. The van der Waals surface area contributed by atoms with Crippen molar-refractivity contribution in [3.8, 4) is 67.8 Å². The Morgan fingerprint density at radius 2 is 0.636 bits per heavy atom. The summed E-state index contributed by atoms with van der Waals surface area (Å²) >= 11 is 0. The first-order chi connectivity index (χ1) is 36.9. The predicted octanol–water partition coefficient (Wildman–Crippen LogP) is 19.4. The summed E-state index contributed by atoms with van der Waals surface area (Å²) in [6.07, 6.45) is 0. The van der Waals surface area contributed by atoms with Crippen LogP contribution in [0, 0.1) is 0 Å². The van der Waals surface area contributed by atoms with E-state index < -0.39 is 0 Å². The van der Waals surface area contributed by atoms with Crippen molar-refractivity contribution in [2.75, 3.05) is 0 Å². The van der Waals surface area contributed by atoms with E-state index in [1.807, 2.05) is 6.07 Å². The third-order valence-corrected chi connectivity index (χ3v) is 15.7. The van der Waals surface area contributed by atoms with E-state index in [4.69, 9.17) is 15.0 Å². The van der Waals surface area contributed by atoms with Gasteiger partial charge < -0.3 is 9.13 Å².